The van der Waals surface area contributed by atoms with Gasteiger partial charge in [-0.3, -0.25) is 0 Å². The Hall–Kier alpha value is -1.87. The molecule has 0 saturated carbocycles. The van der Waals surface area contributed by atoms with E-state index in [4.69, 9.17) is 0 Å². The highest BCUT2D eigenvalue weighted by atomic mass is 32.2. The second kappa shape index (κ2) is 6.93. The zero-order valence-corrected chi connectivity index (χ0v) is 14.2. The molecule has 0 aliphatic carbocycles. The summed E-state index contributed by atoms with van der Waals surface area (Å²) < 4.78 is 26.1. The number of unbranched alkanes of at least 4 members (excludes halogenated alkanes) is 1. The van der Waals surface area contributed by atoms with Gasteiger partial charge in [0, 0.05) is 0 Å². The van der Waals surface area contributed by atoms with Crippen LogP contribution in [0.4, 0.5) is 0 Å². The van der Waals surface area contributed by atoms with Gasteiger partial charge in [-0.2, -0.15) is 0 Å². The van der Waals surface area contributed by atoms with E-state index < -0.39 is 9.84 Å². The maximum absolute atomic E-state index is 13.0. The molecule has 0 fully saturated rings. The normalized spacial score (nSPS) is 12.4. The highest BCUT2D eigenvalue weighted by molar-refractivity contribution is 8.00. The average Bonchev–Trinajstić information content (AvgIpc) is 2.49. The second-order valence-corrected chi connectivity index (χ2v) is 7.41. The first kappa shape index (κ1) is 16.5. The van der Waals surface area contributed by atoms with Crippen LogP contribution < -0.4 is 0 Å². The van der Waals surface area contributed by atoms with E-state index in [1.165, 1.54) is 0 Å². The van der Waals surface area contributed by atoms with E-state index in [1.807, 2.05) is 63.2 Å². The van der Waals surface area contributed by atoms with Crippen molar-refractivity contribution in [1.82, 2.24) is 0 Å². The van der Waals surface area contributed by atoms with Gasteiger partial charge in [-0.05, 0) is 43.5 Å². The predicted molar refractivity (Wildman–Crippen MR) is 92.4 cm³/mol. The number of allylic oxidation sites excluding steroid dienone is 1. The quantitative estimate of drug-likeness (QED) is 0.785. The van der Waals surface area contributed by atoms with Crippen LogP contribution in [0.15, 0.2) is 59.5 Å². The summed E-state index contributed by atoms with van der Waals surface area (Å²) in [6.07, 6.45) is 3.51. The molecule has 2 nitrogen and oxygen atoms in total. The number of sulfone groups is 1. The Morgan fingerprint density at radius 2 is 1.64 bits per heavy atom. The van der Waals surface area contributed by atoms with Gasteiger partial charge in [-0.1, -0.05) is 61.4 Å². The number of rotatable bonds is 5. The third-order valence-electron chi connectivity index (χ3n) is 3.65. The SMILES string of the molecule is CCC/C=C(\c1ccccc1C)S(=O)(=O)c1ccc(C)cc1. The molecule has 0 aromatic heterocycles. The average molecular weight is 314 g/mol. The molecular weight excluding hydrogens is 292 g/mol. The van der Waals surface area contributed by atoms with Gasteiger partial charge in [0.1, 0.15) is 0 Å². The molecule has 116 valence electrons. The van der Waals surface area contributed by atoms with Crippen molar-refractivity contribution in [3.8, 4) is 0 Å². The van der Waals surface area contributed by atoms with Crippen LogP contribution in [0.5, 0.6) is 0 Å². The molecule has 0 spiro atoms. The number of benzene rings is 2. The lowest BCUT2D eigenvalue weighted by molar-refractivity contribution is 0.605. The number of hydrogen-bond donors (Lipinski definition) is 0. The van der Waals surface area contributed by atoms with E-state index >= 15 is 0 Å². The topological polar surface area (TPSA) is 34.1 Å². The van der Waals surface area contributed by atoms with Crippen molar-refractivity contribution in [3.05, 3.63) is 71.3 Å². The van der Waals surface area contributed by atoms with Gasteiger partial charge in [0.05, 0.1) is 9.80 Å². The third kappa shape index (κ3) is 3.47. The fraction of sp³-hybridized carbons (Fsp3) is 0.263. The minimum atomic E-state index is -3.50. The first-order chi connectivity index (χ1) is 10.5. The van der Waals surface area contributed by atoms with Gasteiger partial charge in [-0.15, -0.1) is 0 Å². The van der Waals surface area contributed by atoms with Crippen LogP contribution in [0.25, 0.3) is 4.91 Å². The van der Waals surface area contributed by atoms with Crippen LogP contribution in [0.3, 0.4) is 0 Å². The van der Waals surface area contributed by atoms with Crippen molar-refractivity contribution < 1.29 is 8.42 Å². The lowest BCUT2D eigenvalue weighted by atomic mass is 10.1. The highest BCUT2D eigenvalue weighted by Gasteiger charge is 2.22. The van der Waals surface area contributed by atoms with Gasteiger partial charge in [-0.25, -0.2) is 8.42 Å². The van der Waals surface area contributed by atoms with E-state index in [2.05, 4.69) is 0 Å². The summed E-state index contributed by atoms with van der Waals surface area (Å²) in [7, 11) is -3.50. The van der Waals surface area contributed by atoms with Gasteiger partial charge < -0.3 is 0 Å². The zero-order valence-electron chi connectivity index (χ0n) is 13.3. The van der Waals surface area contributed by atoms with Crippen LogP contribution >= 0.6 is 0 Å². The van der Waals surface area contributed by atoms with Gasteiger partial charge >= 0.3 is 0 Å². The van der Waals surface area contributed by atoms with Crippen LogP contribution in [-0.4, -0.2) is 8.42 Å². The van der Waals surface area contributed by atoms with E-state index in [0.717, 1.165) is 29.5 Å². The molecule has 0 radical (unpaired) electrons. The van der Waals surface area contributed by atoms with Crippen LogP contribution in [0, 0.1) is 13.8 Å². The number of aryl methyl sites for hydroxylation is 2. The smallest absolute Gasteiger partial charge is 0.206 e. The minimum Gasteiger partial charge on any atom is -0.219 e. The molecule has 2 aromatic rings. The van der Waals surface area contributed by atoms with Crippen molar-refractivity contribution in [2.24, 2.45) is 0 Å². The van der Waals surface area contributed by atoms with Crippen molar-refractivity contribution in [1.29, 1.82) is 0 Å². The van der Waals surface area contributed by atoms with Crippen molar-refractivity contribution in [3.63, 3.8) is 0 Å². The molecular formula is C19H22O2S. The molecule has 0 saturated heterocycles. The summed E-state index contributed by atoms with van der Waals surface area (Å²) in [6.45, 7) is 5.94. The summed E-state index contributed by atoms with van der Waals surface area (Å²) >= 11 is 0. The van der Waals surface area contributed by atoms with E-state index in [1.54, 1.807) is 12.1 Å². The standard InChI is InChI=1S/C19H22O2S/c1-4-5-10-19(18-9-7-6-8-16(18)3)22(20,21)17-13-11-15(2)12-14-17/h6-14H,4-5H2,1-3H3/b19-10+. The molecule has 0 aliphatic heterocycles. The van der Waals surface area contributed by atoms with Crippen molar-refractivity contribution in [2.75, 3.05) is 0 Å². The lowest BCUT2D eigenvalue weighted by Crippen LogP contribution is -2.06. The minimum absolute atomic E-state index is 0.351. The second-order valence-electron chi connectivity index (χ2n) is 5.49. The molecule has 0 aliphatic rings. The Morgan fingerprint density at radius 1 is 1.00 bits per heavy atom. The van der Waals surface area contributed by atoms with Crippen molar-refractivity contribution in [2.45, 2.75) is 38.5 Å². The highest BCUT2D eigenvalue weighted by Crippen LogP contribution is 2.30. The summed E-state index contributed by atoms with van der Waals surface area (Å²) in [5.41, 5.74) is 2.81. The molecule has 0 atom stereocenters. The maximum atomic E-state index is 13.0. The fourth-order valence-corrected chi connectivity index (χ4v) is 3.94. The van der Waals surface area contributed by atoms with Gasteiger partial charge in [0.2, 0.25) is 9.84 Å². The Morgan fingerprint density at radius 3 is 2.23 bits per heavy atom. The fourth-order valence-electron chi connectivity index (χ4n) is 2.33. The van der Waals surface area contributed by atoms with Gasteiger partial charge in [0.25, 0.3) is 0 Å². The Balaban J connectivity index is 2.59. The van der Waals surface area contributed by atoms with Crippen molar-refractivity contribution >= 4 is 14.7 Å². The third-order valence-corrected chi connectivity index (χ3v) is 5.51. The molecule has 0 unspecified atom stereocenters. The molecule has 2 rings (SSSR count). The Labute approximate surface area is 133 Å². The Bertz CT molecular complexity index is 769. The van der Waals surface area contributed by atoms with Crippen LogP contribution in [-0.2, 0) is 9.84 Å². The summed E-state index contributed by atoms with van der Waals surface area (Å²) in [6, 6.07) is 14.7. The predicted octanol–water partition coefficient (Wildman–Crippen LogP) is 4.92. The van der Waals surface area contributed by atoms with E-state index in [9.17, 15) is 8.42 Å². The molecule has 22 heavy (non-hydrogen) atoms. The maximum Gasteiger partial charge on any atom is 0.206 e. The largest absolute Gasteiger partial charge is 0.219 e. The molecule has 0 bridgehead atoms. The first-order valence-electron chi connectivity index (χ1n) is 7.54. The first-order valence-corrected chi connectivity index (χ1v) is 9.03. The van der Waals surface area contributed by atoms with Gasteiger partial charge in [0.15, 0.2) is 0 Å². The molecule has 2 aromatic carbocycles. The van der Waals surface area contributed by atoms with E-state index in [0.29, 0.717) is 9.80 Å². The van der Waals surface area contributed by atoms with Crippen LogP contribution in [0.2, 0.25) is 0 Å². The zero-order chi connectivity index (χ0) is 16.2. The summed E-state index contributed by atoms with van der Waals surface area (Å²) in [5, 5.41) is 0. The summed E-state index contributed by atoms with van der Waals surface area (Å²) in [4.78, 5) is 0.764. The summed E-state index contributed by atoms with van der Waals surface area (Å²) in [5.74, 6) is 0. The molecule has 0 N–H and O–H groups in total. The molecule has 0 amide bonds. The lowest BCUT2D eigenvalue weighted by Gasteiger charge is -2.12. The monoisotopic (exact) mass is 314 g/mol. The molecule has 0 heterocycles. The molecule has 3 heteroatoms. The number of hydrogen-bond acceptors (Lipinski definition) is 2. The Kier molecular flexibility index (Phi) is 5.19. The van der Waals surface area contributed by atoms with E-state index in [-0.39, 0.29) is 0 Å². The van der Waals surface area contributed by atoms with Crippen LogP contribution in [0.1, 0.15) is 36.5 Å².